The van der Waals surface area contributed by atoms with Gasteiger partial charge in [0, 0.05) is 23.5 Å². The van der Waals surface area contributed by atoms with Crippen LogP contribution in [0, 0.1) is 0 Å². The van der Waals surface area contributed by atoms with Gasteiger partial charge in [0.2, 0.25) is 0 Å². The average molecular weight is 364 g/mol. The fraction of sp³-hybridized carbons (Fsp3) is 0.944. The number of unbranched alkanes of at least 4 members (excludes halogenated alkanes) is 10. The van der Waals surface area contributed by atoms with Crippen molar-refractivity contribution < 1.29 is 32.1 Å². The number of aliphatic hydroxyl groups is 1. The van der Waals surface area contributed by atoms with Crippen LogP contribution < -0.4 is 0 Å². The van der Waals surface area contributed by atoms with E-state index in [-0.39, 0.29) is 23.2 Å². The van der Waals surface area contributed by atoms with Crippen molar-refractivity contribution in [2.45, 2.75) is 109 Å². The van der Waals surface area contributed by atoms with Gasteiger partial charge in [0.05, 0.1) is 6.10 Å². The maximum atomic E-state index is 10.3. The summed E-state index contributed by atoms with van der Waals surface area (Å²) in [6, 6.07) is 0. The van der Waals surface area contributed by atoms with Crippen molar-refractivity contribution in [3.05, 3.63) is 0 Å². The standard InChI is InChI=1S/C18H36O3.Cu/c1-2-3-4-11-14-17(19)15-12-9-7-5-6-8-10-13-16-18(20)21;/h17,19H,2-16H2,1H3,(H,20,21);. The smallest absolute Gasteiger partial charge is 0.303 e. The van der Waals surface area contributed by atoms with E-state index in [1.807, 2.05) is 0 Å². The molecule has 0 spiro atoms. The molecule has 3 nitrogen and oxygen atoms in total. The zero-order chi connectivity index (χ0) is 15.8. The molecule has 0 saturated carbocycles. The zero-order valence-electron chi connectivity index (χ0n) is 14.3. The molecule has 137 valence electrons. The summed E-state index contributed by atoms with van der Waals surface area (Å²) in [5.74, 6) is -0.678. The number of rotatable bonds is 16. The normalized spacial score (nSPS) is 11.9. The molecular formula is C18H36CuO3. The van der Waals surface area contributed by atoms with Crippen LogP contribution >= 0.6 is 0 Å². The molecule has 0 saturated heterocycles. The second-order valence-electron chi connectivity index (χ2n) is 6.26. The Morgan fingerprint density at radius 2 is 1.18 bits per heavy atom. The SMILES string of the molecule is CCCCCCC(O)CCCCCCCCCCC(=O)O.[Cu]. The Balaban J connectivity index is 0. The van der Waals surface area contributed by atoms with Gasteiger partial charge in [0.1, 0.15) is 0 Å². The average Bonchev–Trinajstić information content (AvgIpc) is 2.45. The van der Waals surface area contributed by atoms with Gasteiger partial charge in [-0.15, -0.1) is 0 Å². The number of carbonyl (C=O) groups is 1. The predicted octanol–water partition coefficient (Wildman–Crippen LogP) is 5.30. The van der Waals surface area contributed by atoms with Crippen LogP contribution in [0.4, 0.5) is 0 Å². The summed E-state index contributed by atoms with van der Waals surface area (Å²) < 4.78 is 0. The van der Waals surface area contributed by atoms with Gasteiger partial charge in [-0.3, -0.25) is 4.79 Å². The second-order valence-corrected chi connectivity index (χ2v) is 6.26. The number of aliphatic carboxylic acids is 1. The molecule has 0 aliphatic carbocycles. The molecule has 1 radical (unpaired) electrons. The quantitative estimate of drug-likeness (QED) is 0.289. The van der Waals surface area contributed by atoms with Crippen molar-refractivity contribution >= 4 is 5.97 Å². The molecule has 4 heteroatoms. The first-order chi connectivity index (χ1) is 10.2. The van der Waals surface area contributed by atoms with Crippen molar-refractivity contribution in [3.8, 4) is 0 Å². The minimum absolute atomic E-state index is 0. The minimum atomic E-state index is -0.678. The summed E-state index contributed by atoms with van der Waals surface area (Å²) in [7, 11) is 0. The van der Waals surface area contributed by atoms with Gasteiger partial charge in [0.15, 0.2) is 0 Å². The van der Waals surface area contributed by atoms with Gasteiger partial charge in [-0.05, 0) is 19.3 Å². The molecule has 0 aromatic heterocycles. The molecule has 0 aromatic rings. The predicted molar refractivity (Wildman–Crippen MR) is 88.6 cm³/mol. The number of carboxylic acid groups (broad SMARTS) is 1. The molecule has 0 rings (SSSR count). The first-order valence-corrected chi connectivity index (χ1v) is 9.06. The molecule has 2 N–H and O–H groups in total. The van der Waals surface area contributed by atoms with E-state index in [1.54, 1.807) is 0 Å². The minimum Gasteiger partial charge on any atom is -0.481 e. The summed E-state index contributed by atoms with van der Waals surface area (Å²) in [4.78, 5) is 10.3. The number of hydrogen-bond donors (Lipinski definition) is 2. The molecule has 0 fully saturated rings. The van der Waals surface area contributed by atoms with Crippen molar-refractivity contribution in [2.75, 3.05) is 0 Å². The Morgan fingerprint density at radius 1 is 0.773 bits per heavy atom. The van der Waals surface area contributed by atoms with E-state index in [4.69, 9.17) is 5.11 Å². The largest absolute Gasteiger partial charge is 0.481 e. The Hall–Kier alpha value is -0.0505. The van der Waals surface area contributed by atoms with Crippen LogP contribution in [0.3, 0.4) is 0 Å². The third-order valence-electron chi connectivity index (χ3n) is 4.07. The summed E-state index contributed by atoms with van der Waals surface area (Å²) >= 11 is 0. The summed E-state index contributed by atoms with van der Waals surface area (Å²) in [6.45, 7) is 2.21. The van der Waals surface area contributed by atoms with Crippen molar-refractivity contribution in [1.29, 1.82) is 0 Å². The summed E-state index contributed by atoms with van der Waals surface area (Å²) in [5, 5.41) is 18.4. The molecular weight excluding hydrogens is 328 g/mol. The van der Waals surface area contributed by atoms with E-state index >= 15 is 0 Å². The Bertz CT molecular complexity index is 234. The van der Waals surface area contributed by atoms with Gasteiger partial charge >= 0.3 is 5.97 Å². The molecule has 22 heavy (non-hydrogen) atoms. The molecule has 0 aliphatic rings. The van der Waals surface area contributed by atoms with E-state index in [9.17, 15) is 9.90 Å². The van der Waals surface area contributed by atoms with Gasteiger partial charge in [-0.2, -0.15) is 0 Å². The van der Waals surface area contributed by atoms with E-state index < -0.39 is 5.97 Å². The second kappa shape index (κ2) is 19.0. The maximum Gasteiger partial charge on any atom is 0.303 e. The van der Waals surface area contributed by atoms with Gasteiger partial charge in [-0.1, -0.05) is 77.6 Å². The van der Waals surface area contributed by atoms with Crippen LogP contribution in [0.1, 0.15) is 103 Å². The van der Waals surface area contributed by atoms with Crippen LogP contribution in [0.15, 0.2) is 0 Å². The fourth-order valence-corrected chi connectivity index (χ4v) is 2.67. The molecule has 1 unspecified atom stereocenters. The maximum absolute atomic E-state index is 10.3. The third kappa shape index (κ3) is 19.9. The van der Waals surface area contributed by atoms with E-state index in [2.05, 4.69) is 6.92 Å². The topological polar surface area (TPSA) is 57.5 Å². The van der Waals surface area contributed by atoms with Gasteiger partial charge < -0.3 is 10.2 Å². The number of carboxylic acids is 1. The monoisotopic (exact) mass is 363 g/mol. The van der Waals surface area contributed by atoms with Crippen LogP contribution in [0.5, 0.6) is 0 Å². The Kier molecular flexibility index (Phi) is 20.9. The zero-order valence-corrected chi connectivity index (χ0v) is 15.2. The van der Waals surface area contributed by atoms with Crippen molar-refractivity contribution in [3.63, 3.8) is 0 Å². The van der Waals surface area contributed by atoms with Gasteiger partial charge in [0.25, 0.3) is 0 Å². The van der Waals surface area contributed by atoms with Crippen LogP contribution in [-0.4, -0.2) is 22.3 Å². The van der Waals surface area contributed by atoms with E-state index in [0.29, 0.717) is 6.42 Å². The summed E-state index contributed by atoms with van der Waals surface area (Å²) in [5.41, 5.74) is 0. The van der Waals surface area contributed by atoms with E-state index in [1.165, 1.54) is 51.4 Å². The third-order valence-corrected chi connectivity index (χ3v) is 4.07. The number of aliphatic hydroxyl groups excluding tert-OH is 1. The van der Waals surface area contributed by atoms with Crippen LogP contribution in [0.25, 0.3) is 0 Å². The number of hydrogen-bond acceptors (Lipinski definition) is 2. The Labute approximate surface area is 147 Å². The Morgan fingerprint density at radius 3 is 1.64 bits per heavy atom. The first kappa shape index (κ1) is 24.2. The van der Waals surface area contributed by atoms with Crippen LogP contribution in [0.2, 0.25) is 0 Å². The van der Waals surface area contributed by atoms with E-state index in [0.717, 1.165) is 38.5 Å². The van der Waals surface area contributed by atoms with Crippen molar-refractivity contribution in [1.82, 2.24) is 0 Å². The summed E-state index contributed by atoms with van der Waals surface area (Å²) in [6.07, 6.45) is 16.3. The van der Waals surface area contributed by atoms with Crippen LogP contribution in [-0.2, 0) is 21.9 Å². The molecule has 1 atom stereocenters. The molecule has 0 heterocycles. The molecule has 0 aliphatic heterocycles. The molecule has 0 amide bonds. The molecule has 0 aromatic carbocycles. The van der Waals surface area contributed by atoms with Gasteiger partial charge in [-0.25, -0.2) is 0 Å². The van der Waals surface area contributed by atoms with Crippen molar-refractivity contribution in [2.24, 2.45) is 0 Å². The first-order valence-electron chi connectivity index (χ1n) is 9.06. The fourth-order valence-electron chi connectivity index (χ4n) is 2.67. The molecule has 0 bridgehead atoms.